The quantitative estimate of drug-likeness (QED) is 0.348. The van der Waals surface area contributed by atoms with Gasteiger partial charge in [0.2, 0.25) is 5.95 Å². The first kappa shape index (κ1) is 22.6. The highest BCUT2D eigenvalue weighted by atomic mass is 19.4. The predicted octanol–water partition coefficient (Wildman–Crippen LogP) is 7.41. The number of nitrogens with one attached hydrogen (secondary N) is 2. The van der Waals surface area contributed by atoms with Crippen molar-refractivity contribution in [2.24, 2.45) is 0 Å². The van der Waals surface area contributed by atoms with Crippen LogP contribution in [0.25, 0.3) is 0 Å². The number of aromatic nitrogens is 2. The van der Waals surface area contributed by atoms with Crippen LogP contribution in [0.2, 0.25) is 0 Å². The van der Waals surface area contributed by atoms with Crippen LogP contribution >= 0.6 is 0 Å². The van der Waals surface area contributed by atoms with E-state index in [1.807, 2.05) is 43.3 Å². The fourth-order valence-corrected chi connectivity index (χ4v) is 3.23. The zero-order valence-corrected chi connectivity index (χ0v) is 17.8. The summed E-state index contributed by atoms with van der Waals surface area (Å²) in [6.07, 6.45) is 1.89. The van der Waals surface area contributed by atoms with Crippen molar-refractivity contribution in [2.45, 2.75) is 52.1 Å². The fraction of sp³-hybridized carbons (Fsp3) is 0.333. The Morgan fingerprint density at radius 2 is 1.65 bits per heavy atom. The smallest absolute Gasteiger partial charge is 0.340 e. The zero-order chi connectivity index (χ0) is 22.3. The SMILES string of the molecule is CCCCCCc1ccc(Nc2nc(Nc3ccccc3C)ncc2C(F)(F)F)cc1. The highest BCUT2D eigenvalue weighted by molar-refractivity contribution is 5.64. The van der Waals surface area contributed by atoms with Gasteiger partial charge < -0.3 is 10.6 Å². The van der Waals surface area contributed by atoms with Gasteiger partial charge in [-0.05, 0) is 49.1 Å². The maximum atomic E-state index is 13.5. The van der Waals surface area contributed by atoms with Crippen LogP contribution < -0.4 is 10.6 Å². The van der Waals surface area contributed by atoms with Crippen LogP contribution in [-0.4, -0.2) is 9.97 Å². The highest BCUT2D eigenvalue weighted by Gasteiger charge is 2.35. The first-order valence-corrected chi connectivity index (χ1v) is 10.5. The van der Waals surface area contributed by atoms with Crippen molar-refractivity contribution in [1.29, 1.82) is 0 Å². The second kappa shape index (κ2) is 10.3. The Morgan fingerprint density at radius 1 is 0.903 bits per heavy atom. The molecule has 0 aliphatic heterocycles. The second-order valence-electron chi connectivity index (χ2n) is 7.53. The molecule has 3 rings (SSSR count). The van der Waals surface area contributed by atoms with Gasteiger partial charge in [-0.15, -0.1) is 0 Å². The number of hydrogen-bond acceptors (Lipinski definition) is 4. The Hall–Kier alpha value is -3.09. The molecule has 164 valence electrons. The normalized spacial score (nSPS) is 11.4. The van der Waals surface area contributed by atoms with Crippen LogP contribution in [0.3, 0.4) is 0 Å². The molecule has 0 aliphatic rings. The third kappa shape index (κ3) is 6.44. The molecule has 0 spiro atoms. The number of rotatable bonds is 9. The number of para-hydroxylation sites is 1. The Labute approximate surface area is 181 Å². The van der Waals surface area contributed by atoms with Crippen molar-refractivity contribution >= 4 is 23.1 Å². The van der Waals surface area contributed by atoms with E-state index in [-0.39, 0.29) is 11.8 Å². The van der Waals surface area contributed by atoms with Crippen molar-refractivity contribution in [2.75, 3.05) is 10.6 Å². The standard InChI is InChI=1S/C24H27F3N4/c1-3-4-5-6-10-18-12-14-19(15-13-18)29-22-20(24(25,26)27)16-28-23(31-22)30-21-11-8-7-9-17(21)2/h7-9,11-16H,3-6,10H2,1-2H3,(H2,28,29,30,31). The monoisotopic (exact) mass is 428 g/mol. The van der Waals surface area contributed by atoms with Gasteiger partial charge in [-0.25, -0.2) is 4.98 Å². The molecule has 0 fully saturated rings. The van der Waals surface area contributed by atoms with Gasteiger partial charge in [0.15, 0.2) is 0 Å². The van der Waals surface area contributed by atoms with Gasteiger partial charge in [-0.1, -0.05) is 56.5 Å². The maximum Gasteiger partial charge on any atom is 0.421 e. The molecule has 1 aromatic heterocycles. The molecule has 0 radical (unpaired) electrons. The van der Waals surface area contributed by atoms with Gasteiger partial charge in [0.05, 0.1) is 0 Å². The van der Waals surface area contributed by atoms with E-state index < -0.39 is 11.7 Å². The van der Waals surface area contributed by atoms with Crippen molar-refractivity contribution in [3.8, 4) is 0 Å². The van der Waals surface area contributed by atoms with Gasteiger partial charge in [0.25, 0.3) is 0 Å². The Morgan fingerprint density at radius 3 is 2.32 bits per heavy atom. The predicted molar refractivity (Wildman–Crippen MR) is 119 cm³/mol. The number of alkyl halides is 3. The van der Waals surface area contributed by atoms with Crippen molar-refractivity contribution in [3.63, 3.8) is 0 Å². The summed E-state index contributed by atoms with van der Waals surface area (Å²) in [7, 11) is 0. The van der Waals surface area contributed by atoms with Crippen molar-refractivity contribution < 1.29 is 13.2 Å². The first-order chi connectivity index (χ1) is 14.9. The van der Waals surface area contributed by atoms with Gasteiger partial charge in [-0.2, -0.15) is 18.2 Å². The minimum absolute atomic E-state index is 0.0948. The molecule has 2 aromatic carbocycles. The first-order valence-electron chi connectivity index (χ1n) is 10.5. The molecular weight excluding hydrogens is 401 g/mol. The molecule has 0 saturated carbocycles. The zero-order valence-electron chi connectivity index (χ0n) is 17.8. The largest absolute Gasteiger partial charge is 0.421 e. The van der Waals surface area contributed by atoms with Crippen LogP contribution in [0.1, 0.15) is 49.3 Å². The minimum Gasteiger partial charge on any atom is -0.340 e. The number of anilines is 4. The van der Waals surface area contributed by atoms with Crippen LogP contribution in [0.15, 0.2) is 54.7 Å². The summed E-state index contributed by atoms with van der Waals surface area (Å²) >= 11 is 0. The van der Waals surface area contributed by atoms with E-state index in [1.165, 1.54) is 24.8 Å². The molecule has 4 nitrogen and oxygen atoms in total. The number of aryl methyl sites for hydroxylation is 2. The fourth-order valence-electron chi connectivity index (χ4n) is 3.23. The van der Waals surface area contributed by atoms with Gasteiger partial charge in [-0.3, -0.25) is 0 Å². The van der Waals surface area contributed by atoms with Crippen LogP contribution in [0.5, 0.6) is 0 Å². The van der Waals surface area contributed by atoms with Crippen LogP contribution in [-0.2, 0) is 12.6 Å². The second-order valence-corrected chi connectivity index (χ2v) is 7.53. The van der Waals surface area contributed by atoms with Crippen molar-refractivity contribution in [3.05, 3.63) is 71.4 Å². The lowest BCUT2D eigenvalue weighted by molar-refractivity contribution is -0.137. The molecule has 0 aliphatic carbocycles. The Balaban J connectivity index is 1.79. The summed E-state index contributed by atoms with van der Waals surface area (Å²) < 4.78 is 40.5. The average molecular weight is 429 g/mol. The summed E-state index contributed by atoms with van der Waals surface area (Å²) in [6, 6.07) is 14.9. The molecule has 0 bridgehead atoms. The summed E-state index contributed by atoms with van der Waals surface area (Å²) in [5, 5.41) is 5.80. The minimum atomic E-state index is -4.57. The molecule has 0 amide bonds. The topological polar surface area (TPSA) is 49.8 Å². The summed E-state index contributed by atoms with van der Waals surface area (Å²) in [5.41, 5.74) is 2.48. The average Bonchev–Trinajstić information content (AvgIpc) is 2.73. The third-order valence-electron chi connectivity index (χ3n) is 5.02. The summed E-state index contributed by atoms with van der Waals surface area (Å²) in [5.74, 6) is -0.188. The summed E-state index contributed by atoms with van der Waals surface area (Å²) in [6.45, 7) is 4.07. The Kier molecular flexibility index (Phi) is 7.50. The van der Waals surface area contributed by atoms with E-state index >= 15 is 0 Å². The van der Waals surface area contributed by atoms with Crippen LogP contribution in [0.4, 0.5) is 36.3 Å². The van der Waals surface area contributed by atoms with E-state index in [0.717, 1.165) is 30.3 Å². The lowest BCUT2D eigenvalue weighted by Gasteiger charge is -2.15. The maximum absolute atomic E-state index is 13.5. The van der Waals surface area contributed by atoms with E-state index in [9.17, 15) is 13.2 Å². The molecule has 1 heterocycles. The number of halogens is 3. The lowest BCUT2D eigenvalue weighted by atomic mass is 10.1. The molecular formula is C24H27F3N4. The molecule has 0 atom stereocenters. The van der Waals surface area contributed by atoms with E-state index in [0.29, 0.717) is 5.69 Å². The van der Waals surface area contributed by atoms with E-state index in [2.05, 4.69) is 27.5 Å². The molecule has 3 aromatic rings. The highest BCUT2D eigenvalue weighted by Crippen LogP contribution is 2.35. The van der Waals surface area contributed by atoms with Crippen LogP contribution in [0, 0.1) is 6.92 Å². The third-order valence-corrected chi connectivity index (χ3v) is 5.02. The van der Waals surface area contributed by atoms with Crippen molar-refractivity contribution in [1.82, 2.24) is 9.97 Å². The number of hydrogen-bond donors (Lipinski definition) is 2. The summed E-state index contributed by atoms with van der Waals surface area (Å²) in [4.78, 5) is 7.97. The van der Waals surface area contributed by atoms with E-state index in [4.69, 9.17) is 0 Å². The molecule has 2 N–H and O–H groups in total. The van der Waals surface area contributed by atoms with Gasteiger partial charge in [0, 0.05) is 17.6 Å². The number of unbranched alkanes of at least 4 members (excludes halogenated alkanes) is 3. The molecule has 31 heavy (non-hydrogen) atoms. The van der Waals surface area contributed by atoms with E-state index in [1.54, 1.807) is 12.1 Å². The molecule has 0 saturated heterocycles. The van der Waals surface area contributed by atoms with Gasteiger partial charge in [0.1, 0.15) is 11.4 Å². The lowest BCUT2D eigenvalue weighted by Crippen LogP contribution is -2.12. The molecule has 0 unspecified atom stereocenters. The Bertz CT molecular complexity index is 985. The number of benzene rings is 2. The van der Waals surface area contributed by atoms with Gasteiger partial charge >= 0.3 is 6.18 Å². The molecule has 7 heteroatoms. The number of nitrogens with zero attached hydrogens (tertiary/aromatic N) is 2.